The van der Waals surface area contributed by atoms with Crippen LogP contribution in [0.5, 0.6) is 5.75 Å². The number of nitrogens with zero attached hydrogens (tertiary/aromatic N) is 3. The van der Waals surface area contributed by atoms with Crippen molar-refractivity contribution >= 4 is 34.6 Å². The normalized spacial score (nSPS) is 16.7. The van der Waals surface area contributed by atoms with E-state index in [4.69, 9.17) is 21.4 Å². The molecule has 0 bridgehead atoms. The molecule has 5 rings (SSSR count). The van der Waals surface area contributed by atoms with E-state index in [0.717, 1.165) is 5.69 Å². The number of amides is 1. The molecule has 38 heavy (non-hydrogen) atoms. The number of rotatable bonds is 8. The number of nitro benzene ring substituents is 1. The maximum absolute atomic E-state index is 13.0. The highest BCUT2D eigenvalue weighted by Crippen LogP contribution is 2.42. The highest BCUT2D eigenvalue weighted by molar-refractivity contribution is 7.80. The Labute approximate surface area is 223 Å². The molecule has 2 N–H and O–H groups in total. The van der Waals surface area contributed by atoms with Crippen molar-refractivity contribution in [2.75, 3.05) is 19.0 Å². The standard InChI is InChI=1S/C27H23N5O5S/c1-36-23-15-18(32(34)35)10-11-19(23)21-12-13-22(37-21)26-25(20-9-5-6-14-28-20)30-27(38)31(26)16-24(33)29-17-7-3-2-4-8-17/h2-15,25-26H,16H2,1H3,(H,29,33)(H,30,38)/t25-,26-/m1/s1. The lowest BCUT2D eigenvalue weighted by Crippen LogP contribution is -2.36. The van der Waals surface area contributed by atoms with Crippen LogP contribution in [0.4, 0.5) is 11.4 Å². The summed E-state index contributed by atoms with van der Waals surface area (Å²) in [6, 6.07) is 21.8. The Morgan fingerprint density at radius 2 is 1.95 bits per heavy atom. The van der Waals surface area contributed by atoms with Crippen molar-refractivity contribution in [2.24, 2.45) is 0 Å². The Morgan fingerprint density at radius 1 is 1.16 bits per heavy atom. The van der Waals surface area contributed by atoms with Gasteiger partial charge in [0.25, 0.3) is 5.69 Å². The van der Waals surface area contributed by atoms with Crippen molar-refractivity contribution in [3.05, 3.63) is 107 Å². The van der Waals surface area contributed by atoms with Crippen LogP contribution in [0.15, 0.2) is 89.5 Å². The average molecular weight is 530 g/mol. The Balaban J connectivity index is 1.48. The maximum atomic E-state index is 13.0. The third kappa shape index (κ3) is 5.04. The Morgan fingerprint density at radius 3 is 2.66 bits per heavy atom. The minimum atomic E-state index is -0.489. The lowest BCUT2D eigenvalue weighted by molar-refractivity contribution is -0.384. The molecule has 1 fully saturated rings. The summed E-state index contributed by atoms with van der Waals surface area (Å²) in [5, 5.41) is 17.8. The lowest BCUT2D eigenvalue weighted by atomic mass is 10.0. The third-order valence-electron chi connectivity index (χ3n) is 6.15. The molecule has 1 amide bonds. The van der Waals surface area contributed by atoms with Gasteiger partial charge in [0.1, 0.15) is 29.9 Å². The molecule has 0 unspecified atom stereocenters. The van der Waals surface area contributed by atoms with E-state index in [1.165, 1.54) is 19.2 Å². The summed E-state index contributed by atoms with van der Waals surface area (Å²) in [6.07, 6.45) is 1.69. The highest BCUT2D eigenvalue weighted by Gasteiger charge is 2.42. The summed E-state index contributed by atoms with van der Waals surface area (Å²) in [7, 11) is 1.44. The molecule has 2 aromatic carbocycles. The number of benzene rings is 2. The van der Waals surface area contributed by atoms with Crippen molar-refractivity contribution in [3.8, 4) is 17.1 Å². The van der Waals surface area contributed by atoms with E-state index in [9.17, 15) is 14.9 Å². The first kappa shape index (κ1) is 24.9. The number of hydrogen-bond acceptors (Lipinski definition) is 7. The molecular weight excluding hydrogens is 506 g/mol. The van der Waals surface area contributed by atoms with Gasteiger partial charge in [-0.05, 0) is 54.7 Å². The number of furan rings is 1. The monoisotopic (exact) mass is 529 g/mol. The van der Waals surface area contributed by atoms with Gasteiger partial charge < -0.3 is 24.7 Å². The van der Waals surface area contributed by atoms with Crippen molar-refractivity contribution in [1.29, 1.82) is 0 Å². The molecule has 0 aliphatic carbocycles. The number of nitro groups is 1. The van der Waals surface area contributed by atoms with E-state index in [1.807, 2.05) is 48.5 Å². The lowest BCUT2D eigenvalue weighted by Gasteiger charge is -2.25. The molecule has 4 aromatic rings. The Bertz CT molecular complexity index is 1480. The van der Waals surface area contributed by atoms with Crippen LogP contribution in [-0.2, 0) is 4.79 Å². The van der Waals surface area contributed by atoms with Crippen molar-refractivity contribution < 1.29 is 18.9 Å². The number of nitrogens with one attached hydrogen (secondary N) is 2. The number of para-hydroxylation sites is 1. The minimum absolute atomic E-state index is 0.0222. The van der Waals surface area contributed by atoms with Gasteiger partial charge in [0.05, 0.1) is 35.4 Å². The molecule has 1 saturated heterocycles. The van der Waals surface area contributed by atoms with Gasteiger partial charge in [0.2, 0.25) is 5.91 Å². The van der Waals surface area contributed by atoms with Gasteiger partial charge in [-0.3, -0.25) is 19.9 Å². The van der Waals surface area contributed by atoms with E-state index in [1.54, 1.807) is 29.3 Å². The first-order chi connectivity index (χ1) is 18.4. The van der Waals surface area contributed by atoms with Crippen molar-refractivity contribution in [3.63, 3.8) is 0 Å². The summed E-state index contributed by atoms with van der Waals surface area (Å²) < 4.78 is 11.7. The number of anilines is 1. The molecule has 0 saturated carbocycles. The van der Waals surface area contributed by atoms with Gasteiger partial charge in [0, 0.05) is 18.0 Å². The second-order valence-corrected chi connectivity index (χ2v) is 8.90. The maximum Gasteiger partial charge on any atom is 0.273 e. The molecule has 192 valence electrons. The number of hydrogen-bond donors (Lipinski definition) is 2. The number of pyridine rings is 1. The highest BCUT2D eigenvalue weighted by atomic mass is 32.1. The smallest absolute Gasteiger partial charge is 0.273 e. The van der Waals surface area contributed by atoms with Gasteiger partial charge in [-0.2, -0.15) is 0 Å². The van der Waals surface area contributed by atoms with Crippen LogP contribution >= 0.6 is 12.2 Å². The molecule has 3 heterocycles. The molecular formula is C27H23N5O5S. The van der Waals surface area contributed by atoms with Gasteiger partial charge in [-0.15, -0.1) is 0 Å². The van der Waals surface area contributed by atoms with E-state index < -0.39 is 11.0 Å². The van der Waals surface area contributed by atoms with Gasteiger partial charge >= 0.3 is 0 Å². The number of carbonyl (C=O) groups is 1. The SMILES string of the molecule is COc1cc([N+](=O)[O-])ccc1-c1ccc([C@@H]2[C@@H](c3ccccn3)NC(=S)N2CC(=O)Nc2ccccc2)o1. The molecule has 0 spiro atoms. The molecule has 2 aromatic heterocycles. The van der Waals surface area contributed by atoms with E-state index in [2.05, 4.69) is 15.6 Å². The first-order valence-corrected chi connectivity index (χ1v) is 12.1. The predicted octanol–water partition coefficient (Wildman–Crippen LogP) is 4.87. The van der Waals surface area contributed by atoms with Crippen LogP contribution in [0.25, 0.3) is 11.3 Å². The van der Waals surface area contributed by atoms with Gasteiger partial charge in [-0.1, -0.05) is 24.3 Å². The Kier molecular flexibility index (Phi) is 7.00. The molecule has 10 nitrogen and oxygen atoms in total. The van der Waals surface area contributed by atoms with Gasteiger partial charge in [-0.25, -0.2) is 0 Å². The minimum Gasteiger partial charge on any atom is -0.496 e. The van der Waals surface area contributed by atoms with E-state index in [-0.39, 0.29) is 24.2 Å². The molecule has 1 aliphatic heterocycles. The quantitative estimate of drug-likeness (QED) is 0.187. The number of thiocarbonyl (C=S) groups is 1. The van der Waals surface area contributed by atoms with Crippen LogP contribution in [0.1, 0.15) is 23.5 Å². The largest absolute Gasteiger partial charge is 0.496 e. The second kappa shape index (κ2) is 10.7. The Hall–Kier alpha value is -4.77. The third-order valence-corrected chi connectivity index (χ3v) is 6.50. The molecule has 1 aliphatic rings. The van der Waals surface area contributed by atoms with Crippen LogP contribution in [0.3, 0.4) is 0 Å². The molecule has 2 atom stereocenters. The first-order valence-electron chi connectivity index (χ1n) is 11.7. The second-order valence-electron chi connectivity index (χ2n) is 8.51. The summed E-state index contributed by atoms with van der Waals surface area (Å²) in [5.41, 5.74) is 1.88. The number of aromatic nitrogens is 1. The fourth-order valence-electron chi connectivity index (χ4n) is 4.42. The molecule has 11 heteroatoms. The number of ether oxygens (including phenoxy) is 1. The van der Waals surface area contributed by atoms with Crippen LogP contribution in [0.2, 0.25) is 0 Å². The van der Waals surface area contributed by atoms with E-state index >= 15 is 0 Å². The zero-order valence-electron chi connectivity index (χ0n) is 20.2. The van der Waals surface area contributed by atoms with Crippen LogP contribution in [-0.4, -0.2) is 39.5 Å². The number of carbonyl (C=O) groups excluding carboxylic acids is 1. The van der Waals surface area contributed by atoms with Crippen LogP contribution in [0, 0.1) is 10.1 Å². The van der Waals surface area contributed by atoms with E-state index in [0.29, 0.717) is 33.6 Å². The van der Waals surface area contributed by atoms with Gasteiger partial charge in [0.15, 0.2) is 5.11 Å². The number of methoxy groups -OCH3 is 1. The summed E-state index contributed by atoms with van der Waals surface area (Å²) in [6.45, 7) is -0.0222. The zero-order valence-corrected chi connectivity index (χ0v) is 21.1. The van der Waals surface area contributed by atoms with Crippen molar-refractivity contribution in [1.82, 2.24) is 15.2 Å². The van der Waals surface area contributed by atoms with Crippen LogP contribution < -0.4 is 15.4 Å². The summed E-state index contributed by atoms with van der Waals surface area (Å²) >= 11 is 5.64. The topological polar surface area (TPSA) is 123 Å². The van der Waals surface area contributed by atoms with Crippen molar-refractivity contribution in [2.45, 2.75) is 12.1 Å². The average Bonchev–Trinajstić information content (AvgIpc) is 3.54. The summed E-state index contributed by atoms with van der Waals surface area (Å²) in [5.74, 6) is 1.06. The predicted molar refractivity (Wildman–Crippen MR) is 145 cm³/mol. The zero-order chi connectivity index (χ0) is 26.6. The fourth-order valence-corrected chi connectivity index (χ4v) is 4.72. The summed E-state index contributed by atoms with van der Waals surface area (Å²) in [4.78, 5) is 29.9. The fraction of sp³-hybridized carbons (Fsp3) is 0.148. The molecule has 0 radical (unpaired) electrons. The number of non-ortho nitro benzene ring substituents is 1.